The maximum atomic E-state index is 9.47. The minimum atomic E-state index is -0.272. The zero-order valence-corrected chi connectivity index (χ0v) is 11.2. The number of phenols is 3. The van der Waals surface area contributed by atoms with Gasteiger partial charge in [0.2, 0.25) is 5.82 Å². The molecule has 0 bridgehead atoms. The third kappa shape index (κ3) is 2.48. The molecule has 3 N–H and O–H groups in total. The summed E-state index contributed by atoms with van der Waals surface area (Å²) in [6, 6.07) is 8.72. The highest BCUT2D eigenvalue weighted by Gasteiger charge is 2.13. The van der Waals surface area contributed by atoms with Crippen molar-refractivity contribution >= 4 is 11.6 Å². The summed E-state index contributed by atoms with van der Waals surface area (Å²) in [5.74, 6) is -0.0631. The van der Waals surface area contributed by atoms with Crippen LogP contribution in [-0.2, 0) is 0 Å². The molecule has 0 saturated carbocycles. The Balaban J connectivity index is 1.99. The summed E-state index contributed by atoms with van der Waals surface area (Å²) in [6.45, 7) is 0. The van der Waals surface area contributed by atoms with Crippen LogP contribution in [0.4, 0.5) is 0 Å². The Bertz CT molecular complexity index is 750. The van der Waals surface area contributed by atoms with Crippen LogP contribution in [0.15, 0.2) is 40.9 Å². The van der Waals surface area contributed by atoms with E-state index in [2.05, 4.69) is 10.1 Å². The Morgan fingerprint density at radius 3 is 2.29 bits per heavy atom. The van der Waals surface area contributed by atoms with Gasteiger partial charge in [-0.05, 0) is 36.4 Å². The van der Waals surface area contributed by atoms with Crippen molar-refractivity contribution in [2.75, 3.05) is 0 Å². The maximum absolute atomic E-state index is 9.47. The Kier molecular flexibility index (Phi) is 3.15. The highest BCUT2D eigenvalue weighted by atomic mass is 35.5. The van der Waals surface area contributed by atoms with E-state index >= 15 is 0 Å². The van der Waals surface area contributed by atoms with Crippen LogP contribution >= 0.6 is 11.6 Å². The normalized spacial score (nSPS) is 10.7. The van der Waals surface area contributed by atoms with Crippen LogP contribution in [0.1, 0.15) is 0 Å². The van der Waals surface area contributed by atoms with Crippen LogP contribution < -0.4 is 0 Å². The minimum Gasteiger partial charge on any atom is -0.506 e. The van der Waals surface area contributed by atoms with Crippen molar-refractivity contribution < 1.29 is 19.8 Å². The molecule has 21 heavy (non-hydrogen) atoms. The molecule has 106 valence electrons. The van der Waals surface area contributed by atoms with Crippen LogP contribution in [0.3, 0.4) is 0 Å². The number of phenolic OH excluding ortho intramolecular Hbond substituents is 3. The molecule has 0 aliphatic heterocycles. The molecule has 0 aliphatic carbocycles. The first-order valence-corrected chi connectivity index (χ1v) is 6.27. The lowest BCUT2D eigenvalue weighted by atomic mass is 10.2. The SMILES string of the molecule is Oc1ccc(-c2noc(-c3ccc(O)c(Cl)c3)n2)cc1O. The van der Waals surface area contributed by atoms with Crippen LogP contribution in [0.25, 0.3) is 22.8 Å². The number of benzene rings is 2. The van der Waals surface area contributed by atoms with Crippen molar-refractivity contribution in [3.63, 3.8) is 0 Å². The molecule has 0 atom stereocenters. The molecule has 0 amide bonds. The lowest BCUT2D eigenvalue weighted by Gasteiger charge is -1.99. The van der Waals surface area contributed by atoms with E-state index in [0.717, 1.165) is 0 Å². The quantitative estimate of drug-likeness (QED) is 0.629. The van der Waals surface area contributed by atoms with Gasteiger partial charge in [-0.2, -0.15) is 4.98 Å². The summed E-state index contributed by atoms with van der Waals surface area (Å²) in [4.78, 5) is 4.18. The molecule has 0 spiro atoms. The molecule has 3 rings (SSSR count). The van der Waals surface area contributed by atoms with E-state index in [0.29, 0.717) is 11.1 Å². The first-order chi connectivity index (χ1) is 10.0. The molecule has 3 aromatic rings. The van der Waals surface area contributed by atoms with Gasteiger partial charge < -0.3 is 19.8 Å². The van der Waals surface area contributed by atoms with E-state index in [4.69, 9.17) is 16.1 Å². The van der Waals surface area contributed by atoms with E-state index < -0.39 is 0 Å². The Morgan fingerprint density at radius 1 is 0.857 bits per heavy atom. The van der Waals surface area contributed by atoms with E-state index in [1.165, 1.54) is 24.3 Å². The van der Waals surface area contributed by atoms with Crippen LogP contribution in [-0.4, -0.2) is 25.5 Å². The monoisotopic (exact) mass is 304 g/mol. The van der Waals surface area contributed by atoms with E-state index in [-0.39, 0.29) is 34.0 Å². The zero-order chi connectivity index (χ0) is 15.0. The third-order valence-electron chi connectivity index (χ3n) is 2.85. The summed E-state index contributed by atoms with van der Waals surface area (Å²) in [5.41, 5.74) is 1.05. The second-order valence-corrected chi connectivity index (χ2v) is 4.70. The van der Waals surface area contributed by atoms with Crippen LogP contribution in [0, 0.1) is 0 Å². The fourth-order valence-corrected chi connectivity index (χ4v) is 1.94. The predicted octanol–water partition coefficient (Wildman–Crippen LogP) is 3.17. The zero-order valence-electron chi connectivity index (χ0n) is 10.5. The van der Waals surface area contributed by atoms with E-state index in [1.807, 2.05) is 0 Å². The van der Waals surface area contributed by atoms with Crippen molar-refractivity contribution in [3.8, 4) is 40.1 Å². The standard InChI is InChI=1S/C14H9ClN2O4/c15-9-5-8(2-3-10(9)18)14-16-13(17-21-14)7-1-4-11(19)12(20)6-7/h1-6,18-20H. The van der Waals surface area contributed by atoms with E-state index in [9.17, 15) is 15.3 Å². The smallest absolute Gasteiger partial charge is 0.258 e. The van der Waals surface area contributed by atoms with Gasteiger partial charge in [0.25, 0.3) is 5.89 Å². The van der Waals surface area contributed by atoms with E-state index in [1.54, 1.807) is 12.1 Å². The molecule has 0 radical (unpaired) electrons. The van der Waals surface area contributed by atoms with Crippen molar-refractivity contribution in [2.45, 2.75) is 0 Å². The maximum Gasteiger partial charge on any atom is 0.258 e. The largest absolute Gasteiger partial charge is 0.506 e. The second kappa shape index (κ2) is 4.99. The van der Waals surface area contributed by atoms with Gasteiger partial charge in [0.15, 0.2) is 11.5 Å². The Labute approximate surface area is 123 Å². The third-order valence-corrected chi connectivity index (χ3v) is 3.16. The van der Waals surface area contributed by atoms with Crippen molar-refractivity contribution in [2.24, 2.45) is 0 Å². The van der Waals surface area contributed by atoms with Crippen molar-refractivity contribution in [1.29, 1.82) is 0 Å². The lowest BCUT2D eigenvalue weighted by molar-refractivity contribution is 0.404. The number of hydrogen-bond acceptors (Lipinski definition) is 6. The number of rotatable bonds is 2. The van der Waals surface area contributed by atoms with Crippen LogP contribution in [0.5, 0.6) is 17.2 Å². The van der Waals surface area contributed by atoms with Gasteiger partial charge in [-0.3, -0.25) is 0 Å². The van der Waals surface area contributed by atoms with Crippen molar-refractivity contribution in [3.05, 3.63) is 41.4 Å². The average molecular weight is 305 g/mol. The van der Waals surface area contributed by atoms with Gasteiger partial charge in [0, 0.05) is 11.1 Å². The van der Waals surface area contributed by atoms with Gasteiger partial charge in [-0.1, -0.05) is 16.8 Å². The molecule has 0 aliphatic rings. The van der Waals surface area contributed by atoms with Gasteiger partial charge in [0.05, 0.1) is 5.02 Å². The summed E-state index contributed by atoms with van der Waals surface area (Å²) >= 11 is 5.83. The second-order valence-electron chi connectivity index (χ2n) is 4.29. The summed E-state index contributed by atoms with van der Waals surface area (Å²) in [7, 11) is 0. The molecule has 1 aromatic heterocycles. The molecule has 0 fully saturated rings. The van der Waals surface area contributed by atoms with Crippen LogP contribution in [0.2, 0.25) is 5.02 Å². The fourth-order valence-electron chi connectivity index (χ4n) is 1.76. The fraction of sp³-hybridized carbons (Fsp3) is 0. The van der Waals surface area contributed by atoms with Gasteiger partial charge in [-0.25, -0.2) is 0 Å². The van der Waals surface area contributed by atoms with Gasteiger partial charge in [-0.15, -0.1) is 0 Å². The molecule has 7 heteroatoms. The number of halogens is 1. The predicted molar refractivity (Wildman–Crippen MR) is 75.2 cm³/mol. The minimum absolute atomic E-state index is 0.0383. The molecule has 6 nitrogen and oxygen atoms in total. The first kappa shape index (κ1) is 13.3. The summed E-state index contributed by atoms with van der Waals surface area (Å²) < 4.78 is 5.12. The number of nitrogens with zero attached hydrogens (tertiary/aromatic N) is 2. The molecule has 0 saturated heterocycles. The van der Waals surface area contributed by atoms with Gasteiger partial charge in [0.1, 0.15) is 5.75 Å². The Hall–Kier alpha value is -2.73. The molecular weight excluding hydrogens is 296 g/mol. The molecule has 1 heterocycles. The highest BCUT2D eigenvalue weighted by Crippen LogP contribution is 2.32. The molecule has 2 aromatic carbocycles. The number of aromatic hydroxyl groups is 3. The Morgan fingerprint density at radius 2 is 1.57 bits per heavy atom. The molecule has 0 unspecified atom stereocenters. The highest BCUT2D eigenvalue weighted by molar-refractivity contribution is 6.32. The van der Waals surface area contributed by atoms with Gasteiger partial charge >= 0.3 is 0 Å². The lowest BCUT2D eigenvalue weighted by Crippen LogP contribution is -1.82. The summed E-state index contributed by atoms with van der Waals surface area (Å²) in [5, 5.41) is 32.1. The summed E-state index contributed by atoms with van der Waals surface area (Å²) in [6.07, 6.45) is 0. The molecular formula is C14H9ClN2O4. The number of hydrogen-bond donors (Lipinski definition) is 3. The average Bonchev–Trinajstić information content (AvgIpc) is 2.94. The number of aromatic nitrogens is 2. The van der Waals surface area contributed by atoms with Crippen molar-refractivity contribution in [1.82, 2.24) is 10.1 Å². The first-order valence-electron chi connectivity index (χ1n) is 5.89. The topological polar surface area (TPSA) is 99.6 Å².